The highest BCUT2D eigenvalue weighted by atomic mass is 16.5. The van der Waals surface area contributed by atoms with E-state index in [2.05, 4.69) is 0 Å². The van der Waals surface area contributed by atoms with E-state index >= 15 is 0 Å². The third-order valence-corrected chi connectivity index (χ3v) is 1.68. The molecule has 1 unspecified atom stereocenters. The maximum absolute atomic E-state index is 10.4. The Hall–Kier alpha value is -0.570. The second-order valence-corrected chi connectivity index (χ2v) is 3.13. The van der Waals surface area contributed by atoms with Crippen LogP contribution in [0, 0.1) is 5.92 Å². The van der Waals surface area contributed by atoms with Crippen LogP contribution in [0.3, 0.4) is 0 Å². The summed E-state index contributed by atoms with van der Waals surface area (Å²) in [5.74, 6) is 0.185. The number of esters is 1. The van der Waals surface area contributed by atoms with E-state index in [1.54, 1.807) is 0 Å². The lowest BCUT2D eigenvalue weighted by molar-refractivity contribution is -0.142. The van der Waals surface area contributed by atoms with E-state index in [9.17, 15) is 4.79 Å². The number of carbonyl (C=O) groups is 1. The molecule has 0 amide bonds. The van der Waals surface area contributed by atoms with E-state index < -0.39 is 0 Å². The van der Waals surface area contributed by atoms with Crippen molar-refractivity contribution in [3.63, 3.8) is 0 Å². The Morgan fingerprint density at radius 1 is 1.50 bits per heavy atom. The fourth-order valence-corrected chi connectivity index (χ4v) is 0.948. The molecule has 0 aromatic carbocycles. The average Bonchev–Trinajstić information content (AvgIpc) is 2.01. The van der Waals surface area contributed by atoms with Crippen molar-refractivity contribution in [2.45, 2.75) is 33.1 Å². The van der Waals surface area contributed by atoms with Gasteiger partial charge in [0.1, 0.15) is 0 Å². The van der Waals surface area contributed by atoms with Gasteiger partial charge in [-0.3, -0.25) is 4.79 Å². The lowest BCUT2D eigenvalue weighted by atomic mass is 10.1. The molecule has 1 atom stereocenters. The summed E-state index contributed by atoms with van der Waals surface area (Å²) >= 11 is 0. The number of carbonyl (C=O) groups excluding carboxylic acids is 1. The number of ether oxygens (including phenoxy) is 1. The summed E-state index contributed by atoms with van der Waals surface area (Å²) in [4.78, 5) is 10.4. The molecule has 0 rings (SSSR count). The predicted molar refractivity (Wildman–Crippen MR) is 46.7 cm³/mol. The van der Waals surface area contributed by atoms with Gasteiger partial charge in [-0.05, 0) is 18.8 Å². The molecule has 0 aliphatic heterocycles. The predicted octanol–water partition coefficient (Wildman–Crippen LogP) is 1.35. The molecule has 1 N–H and O–H groups in total. The van der Waals surface area contributed by atoms with Crippen LogP contribution >= 0.6 is 0 Å². The normalized spacial score (nSPS) is 12.6. The molecule has 0 aliphatic carbocycles. The van der Waals surface area contributed by atoms with Gasteiger partial charge in [0, 0.05) is 13.5 Å². The van der Waals surface area contributed by atoms with E-state index in [1.165, 1.54) is 6.92 Å². The second-order valence-electron chi connectivity index (χ2n) is 3.13. The molecule has 3 nitrogen and oxygen atoms in total. The maximum atomic E-state index is 10.4. The highest BCUT2D eigenvalue weighted by Crippen LogP contribution is 2.07. The zero-order valence-electron chi connectivity index (χ0n) is 7.88. The van der Waals surface area contributed by atoms with Crippen molar-refractivity contribution in [1.82, 2.24) is 0 Å². The summed E-state index contributed by atoms with van der Waals surface area (Å²) in [6.07, 6.45) is 2.84. The van der Waals surface area contributed by atoms with Crippen molar-refractivity contribution in [1.29, 1.82) is 0 Å². The van der Waals surface area contributed by atoms with Gasteiger partial charge < -0.3 is 9.84 Å². The molecule has 0 heterocycles. The van der Waals surface area contributed by atoms with E-state index in [4.69, 9.17) is 9.84 Å². The van der Waals surface area contributed by atoms with Gasteiger partial charge in [-0.25, -0.2) is 0 Å². The topological polar surface area (TPSA) is 46.5 Å². The third-order valence-electron chi connectivity index (χ3n) is 1.68. The number of hydrogen-bond acceptors (Lipinski definition) is 3. The Balaban J connectivity index is 3.21. The van der Waals surface area contributed by atoms with Crippen molar-refractivity contribution in [3.05, 3.63) is 0 Å². The zero-order valence-corrected chi connectivity index (χ0v) is 7.88. The maximum Gasteiger partial charge on any atom is 0.302 e. The minimum absolute atomic E-state index is 0.219. The first-order valence-corrected chi connectivity index (χ1v) is 4.41. The lowest BCUT2D eigenvalue weighted by Gasteiger charge is -2.09. The van der Waals surface area contributed by atoms with Crippen LogP contribution in [0.4, 0.5) is 0 Å². The summed E-state index contributed by atoms with van der Waals surface area (Å²) in [5, 5.41) is 8.51. The molecule has 0 bridgehead atoms. The van der Waals surface area contributed by atoms with E-state index in [0.717, 1.165) is 19.3 Å². The fourth-order valence-electron chi connectivity index (χ4n) is 0.948. The van der Waals surface area contributed by atoms with Crippen LogP contribution < -0.4 is 0 Å². The van der Waals surface area contributed by atoms with Gasteiger partial charge in [-0.2, -0.15) is 0 Å². The van der Waals surface area contributed by atoms with Crippen molar-refractivity contribution < 1.29 is 14.6 Å². The van der Waals surface area contributed by atoms with Crippen molar-refractivity contribution >= 4 is 5.97 Å². The first kappa shape index (κ1) is 11.4. The molecular weight excluding hydrogens is 156 g/mol. The highest BCUT2D eigenvalue weighted by molar-refractivity contribution is 5.65. The van der Waals surface area contributed by atoms with Crippen molar-refractivity contribution in [2.24, 2.45) is 5.92 Å². The zero-order chi connectivity index (χ0) is 9.40. The summed E-state index contributed by atoms with van der Waals surface area (Å²) in [7, 11) is 0. The minimum atomic E-state index is -0.219. The summed E-state index contributed by atoms with van der Waals surface area (Å²) in [5.41, 5.74) is 0. The molecule has 3 heteroatoms. The molecule has 0 saturated heterocycles. The Morgan fingerprint density at radius 3 is 2.67 bits per heavy atom. The number of hydrogen-bond donors (Lipinski definition) is 1. The molecule has 0 aromatic rings. The third kappa shape index (κ3) is 7.54. The van der Waals surface area contributed by atoms with Crippen LogP contribution in [-0.4, -0.2) is 24.3 Å². The molecule has 12 heavy (non-hydrogen) atoms. The van der Waals surface area contributed by atoms with Crippen LogP contribution in [0.15, 0.2) is 0 Å². The van der Waals surface area contributed by atoms with Gasteiger partial charge in [0.25, 0.3) is 0 Å². The van der Waals surface area contributed by atoms with Gasteiger partial charge in [0.15, 0.2) is 0 Å². The van der Waals surface area contributed by atoms with E-state index in [0.29, 0.717) is 12.5 Å². The molecule has 0 radical (unpaired) electrons. The molecule has 0 spiro atoms. The van der Waals surface area contributed by atoms with Crippen molar-refractivity contribution in [3.8, 4) is 0 Å². The van der Waals surface area contributed by atoms with Gasteiger partial charge in [0.05, 0.1) is 6.61 Å². The van der Waals surface area contributed by atoms with Crippen LogP contribution in [0.2, 0.25) is 0 Å². The molecule has 0 aromatic heterocycles. The molecule has 72 valence electrons. The number of aliphatic hydroxyl groups excluding tert-OH is 1. The van der Waals surface area contributed by atoms with Gasteiger partial charge in [-0.1, -0.05) is 13.3 Å². The quantitative estimate of drug-likeness (QED) is 0.488. The lowest BCUT2D eigenvalue weighted by Crippen LogP contribution is -2.09. The molecule has 0 aliphatic rings. The van der Waals surface area contributed by atoms with E-state index in [-0.39, 0.29) is 12.6 Å². The summed E-state index contributed by atoms with van der Waals surface area (Å²) < 4.78 is 4.83. The molecule has 0 saturated carbocycles. The minimum Gasteiger partial charge on any atom is -0.466 e. The standard InChI is InChI=1S/C9H18O3/c1-8(5-3-4-6-10)7-12-9(2)11/h8,10H,3-7H2,1-2H3. The van der Waals surface area contributed by atoms with Crippen molar-refractivity contribution in [2.75, 3.05) is 13.2 Å². The Morgan fingerprint density at radius 2 is 2.17 bits per heavy atom. The second kappa shape index (κ2) is 7.10. The average molecular weight is 174 g/mol. The smallest absolute Gasteiger partial charge is 0.302 e. The van der Waals surface area contributed by atoms with Crippen LogP contribution in [0.25, 0.3) is 0 Å². The van der Waals surface area contributed by atoms with Crippen LogP contribution in [0.1, 0.15) is 33.1 Å². The van der Waals surface area contributed by atoms with Gasteiger partial charge in [-0.15, -0.1) is 0 Å². The highest BCUT2D eigenvalue weighted by Gasteiger charge is 2.03. The summed E-state index contributed by atoms with van der Waals surface area (Å²) in [6.45, 7) is 4.21. The molecule has 0 fully saturated rings. The monoisotopic (exact) mass is 174 g/mol. The first-order chi connectivity index (χ1) is 5.66. The summed E-state index contributed by atoms with van der Waals surface area (Å²) in [6, 6.07) is 0. The number of unbranched alkanes of at least 4 members (excludes halogenated alkanes) is 1. The largest absolute Gasteiger partial charge is 0.466 e. The van der Waals surface area contributed by atoms with Crippen LogP contribution in [0.5, 0.6) is 0 Å². The SMILES string of the molecule is CC(=O)OCC(C)CCCCO. The van der Waals surface area contributed by atoms with Gasteiger partial charge in [0.2, 0.25) is 0 Å². The van der Waals surface area contributed by atoms with Crippen LogP contribution in [-0.2, 0) is 9.53 Å². The Labute approximate surface area is 73.7 Å². The van der Waals surface area contributed by atoms with E-state index in [1.807, 2.05) is 6.92 Å². The Kier molecular flexibility index (Phi) is 6.76. The number of aliphatic hydroxyl groups is 1. The number of rotatable bonds is 6. The van der Waals surface area contributed by atoms with Gasteiger partial charge >= 0.3 is 5.97 Å². The fraction of sp³-hybridized carbons (Fsp3) is 0.889. The molecular formula is C9H18O3. The Bertz CT molecular complexity index is 123. The first-order valence-electron chi connectivity index (χ1n) is 4.41.